The van der Waals surface area contributed by atoms with Crippen molar-refractivity contribution >= 4 is 39.4 Å². The first-order valence-electron chi connectivity index (χ1n) is 9.36. The number of nitrogens with two attached hydrogens (primary N) is 2. The van der Waals surface area contributed by atoms with Crippen LogP contribution in [0.4, 0.5) is 22.0 Å². The lowest BCUT2D eigenvalue weighted by Crippen LogP contribution is -2.45. The zero-order valence-electron chi connectivity index (χ0n) is 17.2. The molecule has 0 bridgehead atoms. The van der Waals surface area contributed by atoms with E-state index in [4.69, 9.17) is 16.6 Å². The van der Waals surface area contributed by atoms with Crippen LogP contribution in [0.15, 0.2) is 47.4 Å². The van der Waals surface area contributed by atoms with Gasteiger partial charge in [0.1, 0.15) is 11.9 Å². The van der Waals surface area contributed by atoms with Gasteiger partial charge in [0.15, 0.2) is 0 Å². The summed E-state index contributed by atoms with van der Waals surface area (Å²) in [5.41, 5.74) is 11.6. The van der Waals surface area contributed by atoms with Crippen LogP contribution < -0.4 is 21.5 Å². The zero-order valence-corrected chi connectivity index (χ0v) is 18.0. The van der Waals surface area contributed by atoms with Crippen molar-refractivity contribution in [2.45, 2.75) is 17.9 Å². The molecule has 1 atom stereocenters. The van der Waals surface area contributed by atoms with E-state index in [0.717, 1.165) is 10.7 Å². The number of nitrogens with one attached hydrogen (secondary N) is 2. The van der Waals surface area contributed by atoms with E-state index >= 15 is 0 Å². The number of aromatic nitrogens is 3. The number of carbonyl (C=O) groups excluding carboxylic acids is 2. The number of anilines is 3. The Morgan fingerprint density at radius 3 is 2.48 bits per heavy atom. The van der Waals surface area contributed by atoms with Gasteiger partial charge in [0.2, 0.25) is 11.9 Å². The molecule has 14 heteroatoms. The molecule has 0 aliphatic carbocycles. The van der Waals surface area contributed by atoms with Crippen molar-refractivity contribution in [3.8, 4) is 0 Å². The maximum absolute atomic E-state index is 14.1. The number of halogens is 1. The monoisotopic (exact) mass is 477 g/mol. The molecule has 0 radical (unpaired) electrons. The summed E-state index contributed by atoms with van der Waals surface area (Å²) in [5.74, 6) is -2.96. The van der Waals surface area contributed by atoms with Crippen molar-refractivity contribution in [3.63, 3.8) is 0 Å². The molecule has 0 spiro atoms. The van der Waals surface area contributed by atoms with Gasteiger partial charge >= 0.3 is 0 Å². The fourth-order valence-corrected chi connectivity index (χ4v) is 3.76. The Hall–Kier alpha value is -3.88. The Morgan fingerprint density at radius 2 is 1.88 bits per heavy atom. The van der Waals surface area contributed by atoms with Crippen LogP contribution in [0.2, 0.25) is 0 Å². The highest BCUT2D eigenvalue weighted by atomic mass is 32.2. The minimum atomic E-state index is -4.21. The lowest BCUT2D eigenvalue weighted by atomic mass is 10.1. The molecular formula is C19H20FN7O5S. The number of aliphatic hydroxyl groups excluding tert-OH is 1. The van der Waals surface area contributed by atoms with Crippen molar-refractivity contribution in [3.05, 3.63) is 59.4 Å². The summed E-state index contributed by atoms with van der Waals surface area (Å²) < 4.78 is 41.1. The molecule has 12 nitrogen and oxygen atoms in total. The number of amides is 1. The number of nitrogens with zero attached hydrogens (tertiary/aromatic N) is 3. The third kappa shape index (κ3) is 5.14. The second-order valence-electron chi connectivity index (χ2n) is 6.85. The topological polar surface area (TPSA) is 195 Å². The van der Waals surface area contributed by atoms with E-state index in [9.17, 15) is 22.4 Å². The molecular weight excluding hydrogens is 457 g/mol. The van der Waals surface area contributed by atoms with E-state index in [1.54, 1.807) is 17.7 Å². The maximum atomic E-state index is 14.1. The number of aryl methyl sites for hydroxylation is 1. The Bertz CT molecular complexity index is 1290. The average Bonchev–Trinajstić information content (AvgIpc) is 3.12. The minimum absolute atomic E-state index is 0.0901. The fraction of sp³-hybridized carbons (Fsp3) is 0.158. The second-order valence-corrected chi connectivity index (χ2v) is 8.53. The highest BCUT2D eigenvalue weighted by Gasteiger charge is 2.23. The summed E-state index contributed by atoms with van der Waals surface area (Å²) in [4.78, 5) is 28.0. The van der Waals surface area contributed by atoms with Crippen LogP contribution in [-0.4, -0.2) is 52.8 Å². The van der Waals surface area contributed by atoms with Crippen LogP contribution in [0.1, 0.15) is 15.9 Å². The molecule has 0 aliphatic heterocycles. The van der Waals surface area contributed by atoms with Crippen LogP contribution in [-0.2, 0) is 14.8 Å². The Labute approximate surface area is 187 Å². The minimum Gasteiger partial charge on any atom is -0.394 e. The molecule has 1 amide bonds. The summed E-state index contributed by atoms with van der Waals surface area (Å²) in [5, 5.41) is 15.5. The van der Waals surface area contributed by atoms with Crippen LogP contribution in [0, 0.1) is 12.7 Å². The van der Waals surface area contributed by atoms with Gasteiger partial charge in [0.05, 0.1) is 17.1 Å². The van der Waals surface area contributed by atoms with Crippen LogP contribution in [0.5, 0.6) is 0 Å². The number of benzene rings is 2. The summed E-state index contributed by atoms with van der Waals surface area (Å²) in [6.07, 6.45) is 0. The molecule has 7 N–H and O–H groups in total. The number of rotatable bonds is 7. The first kappa shape index (κ1) is 23.8. The summed E-state index contributed by atoms with van der Waals surface area (Å²) >= 11 is 0. The normalized spacial score (nSPS) is 12.2. The Balaban J connectivity index is 1.78. The molecule has 3 aromatic rings. The number of sulfonamides is 1. The molecule has 2 aromatic carbocycles. The average molecular weight is 477 g/mol. The molecule has 33 heavy (non-hydrogen) atoms. The number of hydrogen-bond acceptors (Lipinski definition) is 10. The molecule has 1 aromatic heterocycles. The standard InChI is InChI=1S/C19H20FN7O5S/c1-10-3-2-4-13(20)15(10)17(30)27-18(22)24-19(25-27)23-11-5-7-12(8-6-11)33(31,32)26-16(29)14(21)9-28/h2-8,14,28H,9,21H2,1H3,(H,26,29)(H3,22,23,24,25)/t14-/m0/s1. The van der Waals surface area contributed by atoms with Crippen molar-refractivity contribution in [1.29, 1.82) is 0 Å². The third-order valence-corrected chi connectivity index (χ3v) is 5.81. The van der Waals surface area contributed by atoms with E-state index < -0.39 is 40.3 Å². The first-order valence-corrected chi connectivity index (χ1v) is 10.8. The van der Waals surface area contributed by atoms with Crippen molar-refractivity contribution in [1.82, 2.24) is 19.5 Å². The van der Waals surface area contributed by atoms with Gasteiger partial charge in [-0.2, -0.15) is 9.67 Å². The summed E-state index contributed by atoms with van der Waals surface area (Å²) in [6.45, 7) is 0.851. The number of carbonyl (C=O) groups is 2. The quantitative estimate of drug-likeness (QED) is 0.306. The largest absolute Gasteiger partial charge is 0.394 e. The van der Waals surface area contributed by atoms with Gasteiger partial charge in [-0.05, 0) is 42.8 Å². The van der Waals surface area contributed by atoms with E-state index in [0.29, 0.717) is 11.3 Å². The van der Waals surface area contributed by atoms with E-state index in [1.165, 1.54) is 30.3 Å². The third-order valence-electron chi connectivity index (χ3n) is 4.45. The Morgan fingerprint density at radius 1 is 1.21 bits per heavy atom. The SMILES string of the molecule is Cc1cccc(F)c1C(=O)n1nc(Nc2ccc(S(=O)(=O)NC(=O)[C@@H](N)CO)cc2)nc1N. The lowest BCUT2D eigenvalue weighted by molar-refractivity contribution is -0.121. The molecule has 3 rings (SSSR count). The molecule has 0 fully saturated rings. The van der Waals surface area contributed by atoms with Gasteiger partial charge in [0, 0.05) is 5.69 Å². The predicted molar refractivity (Wildman–Crippen MR) is 115 cm³/mol. The van der Waals surface area contributed by atoms with Crippen LogP contribution in [0.3, 0.4) is 0 Å². The van der Waals surface area contributed by atoms with Gasteiger partial charge in [0.25, 0.3) is 21.8 Å². The molecule has 0 aliphatic rings. The maximum Gasteiger partial charge on any atom is 0.284 e. The van der Waals surface area contributed by atoms with E-state index in [2.05, 4.69) is 15.4 Å². The highest BCUT2D eigenvalue weighted by Crippen LogP contribution is 2.20. The van der Waals surface area contributed by atoms with Crippen LogP contribution in [0.25, 0.3) is 0 Å². The zero-order chi connectivity index (χ0) is 24.3. The second kappa shape index (κ2) is 9.32. The fourth-order valence-electron chi connectivity index (χ4n) is 2.73. The Kier molecular flexibility index (Phi) is 6.71. The van der Waals surface area contributed by atoms with Gasteiger partial charge in [-0.3, -0.25) is 9.59 Å². The van der Waals surface area contributed by atoms with Crippen molar-refractivity contribution in [2.75, 3.05) is 17.7 Å². The van der Waals surface area contributed by atoms with Crippen LogP contribution >= 0.6 is 0 Å². The van der Waals surface area contributed by atoms with Gasteiger partial charge in [-0.15, -0.1) is 5.10 Å². The van der Waals surface area contributed by atoms with Gasteiger partial charge in [-0.25, -0.2) is 17.5 Å². The smallest absolute Gasteiger partial charge is 0.284 e. The summed E-state index contributed by atoms with van der Waals surface area (Å²) in [7, 11) is -4.21. The molecule has 1 heterocycles. The number of nitrogen functional groups attached to an aromatic ring is 1. The van der Waals surface area contributed by atoms with E-state index in [-0.39, 0.29) is 22.4 Å². The summed E-state index contributed by atoms with van der Waals surface area (Å²) in [6, 6.07) is 7.88. The highest BCUT2D eigenvalue weighted by molar-refractivity contribution is 7.90. The molecule has 0 unspecified atom stereocenters. The van der Waals surface area contributed by atoms with Crippen molar-refractivity contribution < 1.29 is 27.5 Å². The molecule has 0 saturated carbocycles. The number of hydrogen-bond donors (Lipinski definition) is 5. The van der Waals surface area contributed by atoms with Gasteiger partial charge in [-0.1, -0.05) is 12.1 Å². The van der Waals surface area contributed by atoms with E-state index in [1.807, 2.05) is 0 Å². The van der Waals surface area contributed by atoms with Gasteiger partial charge < -0.3 is 21.9 Å². The number of aliphatic hydroxyl groups is 1. The lowest BCUT2D eigenvalue weighted by Gasteiger charge is -2.10. The predicted octanol–water partition coefficient (Wildman–Crippen LogP) is -0.136. The van der Waals surface area contributed by atoms with Crippen molar-refractivity contribution in [2.24, 2.45) is 5.73 Å². The first-order chi connectivity index (χ1) is 15.5. The molecule has 0 saturated heterocycles. The molecule has 174 valence electrons.